The van der Waals surface area contributed by atoms with Crippen molar-refractivity contribution in [3.05, 3.63) is 12.7 Å². The molecule has 0 saturated carbocycles. The fourth-order valence-corrected chi connectivity index (χ4v) is 1.05. The molecular weight excluding hydrogens is 154 g/mol. The van der Waals surface area contributed by atoms with E-state index in [0.29, 0.717) is 0 Å². The molecule has 0 fully saturated rings. The summed E-state index contributed by atoms with van der Waals surface area (Å²) in [6.07, 6.45) is 8.25. The van der Waals surface area contributed by atoms with Gasteiger partial charge in [-0.1, -0.05) is 31.1 Å². The van der Waals surface area contributed by atoms with Gasteiger partial charge in [-0.3, -0.25) is 0 Å². The average Bonchev–Trinajstić information content (AvgIpc) is 2.03. The molecule has 0 saturated heterocycles. The summed E-state index contributed by atoms with van der Waals surface area (Å²) in [7, 11) is 0. The Morgan fingerprint density at radius 2 is 1.91 bits per heavy atom. The van der Waals surface area contributed by atoms with E-state index in [0.717, 1.165) is 13.0 Å². The van der Waals surface area contributed by atoms with Crippen molar-refractivity contribution in [2.45, 2.75) is 32.1 Å². The van der Waals surface area contributed by atoms with Crippen LogP contribution in [-0.2, 0) is 0 Å². The lowest BCUT2D eigenvalue weighted by atomic mass is 10.1. The Morgan fingerprint density at radius 1 is 1.18 bits per heavy atom. The van der Waals surface area contributed by atoms with Crippen molar-refractivity contribution in [2.75, 3.05) is 6.54 Å². The van der Waals surface area contributed by atoms with E-state index >= 15 is 0 Å². The molecule has 1 nitrogen and oxygen atoms in total. The zero-order valence-electron chi connectivity index (χ0n) is 7.01. The van der Waals surface area contributed by atoms with Crippen LogP contribution < -0.4 is 5.32 Å². The third-order valence-electron chi connectivity index (χ3n) is 1.56. The van der Waals surface area contributed by atoms with Crippen molar-refractivity contribution in [1.82, 2.24) is 5.32 Å². The van der Waals surface area contributed by atoms with E-state index in [9.17, 15) is 0 Å². The maximum atomic E-state index is 4.62. The first kappa shape index (κ1) is 10.6. The van der Waals surface area contributed by atoms with E-state index < -0.39 is 0 Å². The molecule has 0 radical (unpaired) electrons. The lowest BCUT2D eigenvalue weighted by Crippen LogP contribution is -2.10. The van der Waals surface area contributed by atoms with Crippen LogP contribution in [0.1, 0.15) is 32.1 Å². The van der Waals surface area contributed by atoms with Crippen molar-refractivity contribution < 1.29 is 0 Å². The number of hydrogen-bond acceptors (Lipinski definition) is 1. The Kier molecular flexibility index (Phi) is 9.31. The molecule has 11 heavy (non-hydrogen) atoms. The maximum absolute atomic E-state index is 4.62. The van der Waals surface area contributed by atoms with Gasteiger partial charge in [0.05, 0.1) is 5.49 Å². The zero-order chi connectivity index (χ0) is 8.36. The summed E-state index contributed by atoms with van der Waals surface area (Å²) in [6.45, 7) is 4.70. The smallest absolute Gasteiger partial charge is 0.0614 e. The second-order valence-electron chi connectivity index (χ2n) is 2.56. The molecule has 0 amide bonds. The Balaban J connectivity index is 2.79. The van der Waals surface area contributed by atoms with Crippen molar-refractivity contribution in [1.29, 1.82) is 0 Å². The van der Waals surface area contributed by atoms with Crippen LogP contribution in [0.4, 0.5) is 0 Å². The molecule has 0 aromatic heterocycles. The minimum Gasteiger partial charge on any atom is -0.382 e. The van der Waals surface area contributed by atoms with Crippen LogP contribution in [0.15, 0.2) is 12.7 Å². The molecule has 0 aromatic rings. The van der Waals surface area contributed by atoms with Gasteiger partial charge in [0, 0.05) is 6.54 Å². The van der Waals surface area contributed by atoms with Gasteiger partial charge < -0.3 is 5.32 Å². The third kappa shape index (κ3) is 9.63. The summed E-state index contributed by atoms with van der Waals surface area (Å²) < 4.78 is 0. The number of rotatable bonds is 8. The lowest BCUT2D eigenvalue weighted by Gasteiger charge is -1.98. The molecular formula is C9H17NS. The molecule has 0 rings (SSSR count). The summed E-state index contributed by atoms with van der Waals surface area (Å²) in [5.41, 5.74) is 1.59. The molecule has 0 aromatic carbocycles. The standard InChI is InChI=1S/C9H17NS/c1-2-3-4-5-6-7-8-10-9-11/h2,9H,1,3-8H2,(H,10,11). The second kappa shape index (κ2) is 9.63. The van der Waals surface area contributed by atoms with Crippen LogP contribution >= 0.6 is 12.2 Å². The Bertz CT molecular complexity index is 89.7. The molecule has 0 unspecified atom stereocenters. The van der Waals surface area contributed by atoms with Crippen LogP contribution in [0.5, 0.6) is 0 Å². The predicted octanol–water partition coefficient (Wildman–Crippen LogP) is 2.67. The number of nitrogens with one attached hydrogen (secondary N) is 1. The summed E-state index contributed by atoms with van der Waals surface area (Å²) >= 11 is 4.62. The molecule has 0 heterocycles. The molecule has 2 heteroatoms. The van der Waals surface area contributed by atoms with Crippen LogP contribution in [-0.4, -0.2) is 12.0 Å². The number of allylic oxidation sites excluding steroid dienone is 1. The van der Waals surface area contributed by atoms with Gasteiger partial charge in [-0.2, -0.15) is 0 Å². The first-order valence-electron chi connectivity index (χ1n) is 4.19. The molecule has 0 aliphatic heterocycles. The normalized spacial score (nSPS) is 9.09. The highest BCUT2D eigenvalue weighted by Crippen LogP contribution is 2.01. The molecule has 1 N–H and O–H groups in total. The van der Waals surface area contributed by atoms with E-state index in [4.69, 9.17) is 0 Å². The molecule has 0 atom stereocenters. The van der Waals surface area contributed by atoms with Gasteiger partial charge in [0.1, 0.15) is 0 Å². The molecule has 64 valence electrons. The van der Waals surface area contributed by atoms with E-state index in [2.05, 4.69) is 24.1 Å². The fourth-order valence-electron chi connectivity index (χ4n) is 0.928. The van der Waals surface area contributed by atoms with Crippen LogP contribution in [0.25, 0.3) is 0 Å². The Hall–Kier alpha value is -0.370. The molecule has 0 bridgehead atoms. The van der Waals surface area contributed by atoms with E-state index in [1.807, 2.05) is 6.08 Å². The minimum absolute atomic E-state index is 1.03. The predicted molar refractivity (Wildman–Crippen MR) is 54.9 cm³/mol. The number of hydrogen-bond donors (Lipinski definition) is 1. The van der Waals surface area contributed by atoms with Gasteiger partial charge in [0.2, 0.25) is 0 Å². The fraction of sp³-hybridized carbons (Fsp3) is 0.667. The summed E-state index contributed by atoms with van der Waals surface area (Å²) in [5, 5.41) is 3.01. The largest absolute Gasteiger partial charge is 0.382 e. The summed E-state index contributed by atoms with van der Waals surface area (Å²) in [5.74, 6) is 0. The summed E-state index contributed by atoms with van der Waals surface area (Å²) in [6, 6.07) is 0. The zero-order valence-corrected chi connectivity index (χ0v) is 7.83. The van der Waals surface area contributed by atoms with Gasteiger partial charge in [0.15, 0.2) is 0 Å². The monoisotopic (exact) mass is 171 g/mol. The average molecular weight is 171 g/mol. The van der Waals surface area contributed by atoms with Crippen molar-refractivity contribution in [2.24, 2.45) is 0 Å². The molecule has 0 spiro atoms. The summed E-state index contributed by atoms with van der Waals surface area (Å²) in [4.78, 5) is 0. The first-order chi connectivity index (χ1) is 5.41. The minimum atomic E-state index is 1.03. The number of thiocarbonyl (C=S) groups is 1. The van der Waals surface area contributed by atoms with Gasteiger partial charge >= 0.3 is 0 Å². The maximum Gasteiger partial charge on any atom is 0.0614 e. The first-order valence-corrected chi connectivity index (χ1v) is 4.67. The van der Waals surface area contributed by atoms with Gasteiger partial charge in [-0.25, -0.2) is 0 Å². The van der Waals surface area contributed by atoms with E-state index in [-0.39, 0.29) is 0 Å². The molecule has 0 aliphatic carbocycles. The van der Waals surface area contributed by atoms with Crippen LogP contribution in [0.2, 0.25) is 0 Å². The topological polar surface area (TPSA) is 12.0 Å². The highest BCUT2D eigenvalue weighted by Gasteiger charge is 1.86. The van der Waals surface area contributed by atoms with Crippen molar-refractivity contribution >= 4 is 17.7 Å². The van der Waals surface area contributed by atoms with E-state index in [1.165, 1.54) is 25.7 Å². The van der Waals surface area contributed by atoms with Gasteiger partial charge in [0.25, 0.3) is 0 Å². The van der Waals surface area contributed by atoms with Crippen molar-refractivity contribution in [3.63, 3.8) is 0 Å². The SMILES string of the molecule is C=CCCCCCCNC=S. The Labute approximate surface area is 74.9 Å². The highest BCUT2D eigenvalue weighted by atomic mass is 32.1. The van der Waals surface area contributed by atoms with Gasteiger partial charge in [-0.15, -0.1) is 6.58 Å². The highest BCUT2D eigenvalue weighted by molar-refractivity contribution is 7.78. The second-order valence-corrected chi connectivity index (χ2v) is 2.80. The number of unbranched alkanes of at least 4 members (excludes halogenated alkanes) is 4. The van der Waals surface area contributed by atoms with Gasteiger partial charge in [-0.05, 0) is 19.3 Å². The molecule has 0 aliphatic rings. The van der Waals surface area contributed by atoms with Crippen molar-refractivity contribution in [3.8, 4) is 0 Å². The Morgan fingerprint density at radius 3 is 2.55 bits per heavy atom. The third-order valence-corrected chi connectivity index (χ3v) is 1.73. The quantitative estimate of drug-likeness (QED) is 0.342. The lowest BCUT2D eigenvalue weighted by molar-refractivity contribution is 0.639. The van der Waals surface area contributed by atoms with Crippen LogP contribution in [0, 0.1) is 0 Å². The van der Waals surface area contributed by atoms with E-state index in [1.54, 1.807) is 5.49 Å². The van der Waals surface area contributed by atoms with Crippen LogP contribution in [0.3, 0.4) is 0 Å².